The summed E-state index contributed by atoms with van der Waals surface area (Å²) in [6, 6.07) is 18.7. The minimum absolute atomic E-state index is 0.424. The third-order valence-corrected chi connectivity index (χ3v) is 5.07. The van der Waals surface area contributed by atoms with Crippen molar-refractivity contribution < 1.29 is 0 Å². The second-order valence-electron chi connectivity index (χ2n) is 8.44. The van der Waals surface area contributed by atoms with Crippen LogP contribution in [0.4, 0.5) is 11.4 Å². The van der Waals surface area contributed by atoms with Crippen LogP contribution in [0.3, 0.4) is 0 Å². The average Bonchev–Trinajstić information content (AvgIpc) is 2.72. The highest BCUT2D eigenvalue weighted by Gasteiger charge is 2.07. The van der Waals surface area contributed by atoms with Crippen molar-refractivity contribution in [2.24, 2.45) is 9.98 Å². The van der Waals surface area contributed by atoms with Crippen molar-refractivity contribution in [1.29, 1.82) is 0 Å². The standard InChI is InChI=1S/C27H31N3/c1-18(2)24-14-20(5)10-12-26(24)28-16-22-8-7-9-23(30-22)17-29-27-13-11-21(6)15-25(27)19(3)4/h7-19H,1-6H3. The van der Waals surface area contributed by atoms with Crippen LogP contribution in [0.15, 0.2) is 64.6 Å². The number of pyridine rings is 1. The predicted octanol–water partition coefficient (Wildman–Crippen LogP) is 7.45. The van der Waals surface area contributed by atoms with Crippen molar-refractivity contribution in [3.63, 3.8) is 0 Å². The van der Waals surface area contributed by atoms with E-state index < -0.39 is 0 Å². The molecule has 3 nitrogen and oxygen atoms in total. The van der Waals surface area contributed by atoms with Gasteiger partial charge in [-0.1, -0.05) is 69.2 Å². The lowest BCUT2D eigenvalue weighted by molar-refractivity contribution is 0.865. The van der Waals surface area contributed by atoms with E-state index in [0.29, 0.717) is 11.8 Å². The molecule has 3 rings (SSSR count). The fourth-order valence-corrected chi connectivity index (χ4v) is 3.39. The van der Waals surface area contributed by atoms with E-state index in [9.17, 15) is 0 Å². The summed E-state index contributed by atoms with van der Waals surface area (Å²) in [5, 5.41) is 0. The Morgan fingerprint density at radius 1 is 0.667 bits per heavy atom. The van der Waals surface area contributed by atoms with Crippen molar-refractivity contribution in [2.45, 2.75) is 53.4 Å². The van der Waals surface area contributed by atoms with E-state index in [-0.39, 0.29) is 0 Å². The molecule has 1 aromatic heterocycles. The predicted molar refractivity (Wildman–Crippen MR) is 129 cm³/mol. The zero-order valence-corrected chi connectivity index (χ0v) is 18.8. The lowest BCUT2D eigenvalue weighted by Crippen LogP contribution is -1.95. The van der Waals surface area contributed by atoms with E-state index in [0.717, 1.165) is 22.8 Å². The number of benzene rings is 2. The van der Waals surface area contributed by atoms with Gasteiger partial charge >= 0.3 is 0 Å². The molecule has 154 valence electrons. The summed E-state index contributed by atoms with van der Waals surface area (Å²) in [6.45, 7) is 13.0. The molecule has 0 saturated carbocycles. The van der Waals surface area contributed by atoms with Gasteiger partial charge in [0.1, 0.15) is 0 Å². The van der Waals surface area contributed by atoms with Gasteiger partial charge in [0.25, 0.3) is 0 Å². The first-order valence-corrected chi connectivity index (χ1v) is 10.6. The molecular formula is C27H31N3. The Bertz CT molecular complexity index is 992. The largest absolute Gasteiger partial charge is 0.254 e. The van der Waals surface area contributed by atoms with Gasteiger partial charge in [-0.05, 0) is 61.1 Å². The lowest BCUT2D eigenvalue weighted by Gasteiger charge is -2.10. The molecule has 0 amide bonds. The van der Waals surface area contributed by atoms with Crippen LogP contribution in [0.2, 0.25) is 0 Å². The van der Waals surface area contributed by atoms with Crippen LogP contribution >= 0.6 is 0 Å². The molecule has 0 aliphatic carbocycles. The van der Waals surface area contributed by atoms with E-state index >= 15 is 0 Å². The van der Waals surface area contributed by atoms with Crippen molar-refractivity contribution in [3.05, 3.63) is 88.2 Å². The molecule has 0 atom stereocenters. The number of aryl methyl sites for hydroxylation is 2. The van der Waals surface area contributed by atoms with Gasteiger partial charge in [-0.25, -0.2) is 4.98 Å². The van der Waals surface area contributed by atoms with Crippen LogP contribution in [-0.2, 0) is 0 Å². The van der Waals surface area contributed by atoms with Gasteiger partial charge in [0.15, 0.2) is 0 Å². The van der Waals surface area contributed by atoms with Crippen LogP contribution in [0, 0.1) is 13.8 Å². The second kappa shape index (κ2) is 9.62. The van der Waals surface area contributed by atoms with Gasteiger partial charge in [-0.15, -0.1) is 0 Å². The Morgan fingerprint density at radius 2 is 1.10 bits per heavy atom. The van der Waals surface area contributed by atoms with Crippen molar-refractivity contribution in [1.82, 2.24) is 4.98 Å². The van der Waals surface area contributed by atoms with Gasteiger partial charge in [-0.3, -0.25) is 9.98 Å². The van der Waals surface area contributed by atoms with Crippen LogP contribution in [-0.4, -0.2) is 17.4 Å². The van der Waals surface area contributed by atoms with Crippen LogP contribution in [0.1, 0.15) is 73.2 Å². The Hall–Kier alpha value is -3.07. The first-order chi connectivity index (χ1) is 14.3. The molecule has 3 heteroatoms. The molecule has 1 heterocycles. The van der Waals surface area contributed by atoms with Gasteiger partial charge in [0, 0.05) is 0 Å². The summed E-state index contributed by atoms with van der Waals surface area (Å²) in [4.78, 5) is 14.1. The number of aliphatic imine (C=N–C) groups is 2. The molecule has 2 aromatic carbocycles. The van der Waals surface area contributed by atoms with Crippen molar-refractivity contribution >= 4 is 23.8 Å². The maximum Gasteiger partial charge on any atom is 0.0820 e. The van der Waals surface area contributed by atoms with Crippen molar-refractivity contribution in [3.8, 4) is 0 Å². The Balaban J connectivity index is 1.84. The molecule has 0 bridgehead atoms. The summed E-state index contributed by atoms with van der Waals surface area (Å²) in [5.74, 6) is 0.848. The molecule has 0 fully saturated rings. The van der Waals surface area contributed by atoms with E-state index in [2.05, 4.69) is 82.9 Å². The average molecular weight is 398 g/mol. The van der Waals surface area contributed by atoms with Crippen LogP contribution < -0.4 is 0 Å². The first-order valence-electron chi connectivity index (χ1n) is 10.6. The van der Waals surface area contributed by atoms with Crippen LogP contribution in [0.5, 0.6) is 0 Å². The lowest BCUT2D eigenvalue weighted by atomic mass is 9.99. The normalized spacial score (nSPS) is 12.0. The molecule has 0 saturated heterocycles. The number of hydrogen-bond donors (Lipinski definition) is 0. The first kappa shape index (κ1) is 21.6. The fourth-order valence-electron chi connectivity index (χ4n) is 3.39. The van der Waals surface area contributed by atoms with Gasteiger partial charge < -0.3 is 0 Å². The number of rotatable bonds is 6. The molecule has 3 aromatic rings. The number of nitrogens with zero attached hydrogens (tertiary/aromatic N) is 3. The maximum atomic E-state index is 4.71. The zero-order valence-electron chi connectivity index (χ0n) is 18.8. The molecule has 0 aliphatic rings. The fraction of sp³-hybridized carbons (Fsp3) is 0.296. The van der Waals surface area contributed by atoms with Crippen molar-refractivity contribution in [2.75, 3.05) is 0 Å². The summed E-state index contributed by atoms with van der Waals surface area (Å²) in [5.41, 5.74) is 8.66. The van der Waals surface area contributed by atoms with E-state index in [1.165, 1.54) is 22.3 Å². The Morgan fingerprint density at radius 3 is 1.50 bits per heavy atom. The highest BCUT2D eigenvalue weighted by Crippen LogP contribution is 2.28. The molecule has 0 aliphatic heterocycles. The van der Waals surface area contributed by atoms with Gasteiger partial charge in [0.05, 0.1) is 35.2 Å². The van der Waals surface area contributed by atoms with Crippen LogP contribution in [0.25, 0.3) is 0 Å². The van der Waals surface area contributed by atoms with Gasteiger partial charge in [-0.2, -0.15) is 0 Å². The summed E-state index contributed by atoms with van der Waals surface area (Å²) in [7, 11) is 0. The minimum Gasteiger partial charge on any atom is -0.254 e. The molecule has 30 heavy (non-hydrogen) atoms. The number of aromatic nitrogens is 1. The molecule has 0 radical (unpaired) electrons. The Kier molecular flexibility index (Phi) is 6.94. The Labute approximate surface area is 180 Å². The summed E-state index contributed by atoms with van der Waals surface area (Å²) in [6.07, 6.45) is 3.67. The van der Waals surface area contributed by atoms with Gasteiger partial charge in [0.2, 0.25) is 0 Å². The smallest absolute Gasteiger partial charge is 0.0820 e. The monoisotopic (exact) mass is 397 g/mol. The molecule has 0 unspecified atom stereocenters. The highest BCUT2D eigenvalue weighted by atomic mass is 14.8. The maximum absolute atomic E-state index is 4.71. The second-order valence-corrected chi connectivity index (χ2v) is 8.44. The highest BCUT2D eigenvalue weighted by molar-refractivity contribution is 5.84. The topological polar surface area (TPSA) is 37.6 Å². The third kappa shape index (κ3) is 5.50. The molecule has 0 N–H and O–H groups in total. The minimum atomic E-state index is 0.424. The van der Waals surface area contributed by atoms with E-state index in [1.807, 2.05) is 30.6 Å². The third-order valence-electron chi connectivity index (χ3n) is 5.07. The van der Waals surface area contributed by atoms with E-state index in [4.69, 9.17) is 9.98 Å². The SMILES string of the molecule is Cc1ccc(N=Cc2cccc(C=Nc3ccc(C)cc3C(C)C)n2)c(C(C)C)c1. The zero-order chi connectivity index (χ0) is 21.7. The summed E-state index contributed by atoms with van der Waals surface area (Å²) >= 11 is 0. The summed E-state index contributed by atoms with van der Waals surface area (Å²) < 4.78 is 0. The van der Waals surface area contributed by atoms with E-state index in [1.54, 1.807) is 0 Å². The quantitative estimate of drug-likeness (QED) is 0.398. The number of hydrogen-bond acceptors (Lipinski definition) is 3. The molecular weight excluding hydrogens is 366 g/mol. The molecule has 0 spiro atoms.